The van der Waals surface area contributed by atoms with Gasteiger partial charge in [0.05, 0.1) is 11.6 Å². The first-order valence-electron chi connectivity index (χ1n) is 6.50. The van der Waals surface area contributed by atoms with Crippen LogP contribution in [0.15, 0.2) is 65.3 Å². The molecule has 1 heterocycles. The molecule has 0 fully saturated rings. The van der Waals surface area contributed by atoms with Crippen LogP contribution in [0.4, 0.5) is 0 Å². The number of rotatable bonds is 3. The van der Waals surface area contributed by atoms with Crippen molar-refractivity contribution in [2.24, 2.45) is 0 Å². The van der Waals surface area contributed by atoms with E-state index in [-0.39, 0.29) is 0 Å². The maximum Gasteiger partial charge on any atom is 0.0851 e. The molecule has 3 aromatic rings. The Balaban J connectivity index is 1.94. The lowest BCUT2D eigenvalue weighted by Gasteiger charge is -2.13. The molecule has 0 saturated heterocycles. The van der Waals surface area contributed by atoms with Gasteiger partial charge in [-0.2, -0.15) is 0 Å². The van der Waals surface area contributed by atoms with Gasteiger partial charge >= 0.3 is 0 Å². The molecule has 1 unspecified atom stereocenters. The molecule has 2 nitrogen and oxygen atoms in total. The van der Waals surface area contributed by atoms with E-state index in [9.17, 15) is 5.11 Å². The summed E-state index contributed by atoms with van der Waals surface area (Å²) in [6.45, 7) is 0. The molecule has 0 radical (unpaired) electrons. The second-order valence-electron chi connectivity index (χ2n) is 4.77. The highest BCUT2D eigenvalue weighted by Crippen LogP contribution is 2.25. The summed E-state index contributed by atoms with van der Waals surface area (Å²) < 4.78 is 1.03. The Morgan fingerprint density at radius 1 is 1.05 bits per heavy atom. The summed E-state index contributed by atoms with van der Waals surface area (Å²) in [5, 5.41) is 11.6. The van der Waals surface area contributed by atoms with E-state index in [0.717, 1.165) is 26.5 Å². The van der Waals surface area contributed by atoms with Gasteiger partial charge in [0.15, 0.2) is 0 Å². The zero-order valence-electron chi connectivity index (χ0n) is 10.8. The van der Waals surface area contributed by atoms with Crippen molar-refractivity contribution in [1.82, 2.24) is 4.98 Å². The molecule has 1 aromatic heterocycles. The molecule has 1 atom stereocenters. The minimum absolute atomic E-state index is 0.553. The van der Waals surface area contributed by atoms with E-state index < -0.39 is 6.10 Å². The number of aromatic nitrogens is 1. The predicted octanol–water partition coefficient (Wildman–Crippen LogP) is 4.27. The van der Waals surface area contributed by atoms with E-state index in [1.165, 1.54) is 0 Å². The minimum Gasteiger partial charge on any atom is -0.388 e. The van der Waals surface area contributed by atoms with Gasteiger partial charge in [-0.1, -0.05) is 52.3 Å². The zero-order chi connectivity index (χ0) is 13.9. The van der Waals surface area contributed by atoms with Gasteiger partial charge in [-0.05, 0) is 23.8 Å². The fourth-order valence-corrected chi connectivity index (χ4v) is 2.84. The molecule has 20 heavy (non-hydrogen) atoms. The van der Waals surface area contributed by atoms with Gasteiger partial charge in [0, 0.05) is 28.0 Å². The molecule has 0 bridgehead atoms. The lowest BCUT2D eigenvalue weighted by atomic mass is 9.99. The first-order valence-corrected chi connectivity index (χ1v) is 7.29. The monoisotopic (exact) mass is 327 g/mol. The maximum atomic E-state index is 10.5. The van der Waals surface area contributed by atoms with Gasteiger partial charge in [-0.3, -0.25) is 4.98 Å². The standard InChI is InChI=1S/C17H14BrNO/c18-14-7-1-4-12(10-14)11-16(20)15-8-2-5-13-6-3-9-19-17(13)15/h1-10,16,20H,11H2. The summed E-state index contributed by atoms with van der Waals surface area (Å²) in [5.74, 6) is 0. The van der Waals surface area contributed by atoms with Crippen LogP contribution in [0.25, 0.3) is 10.9 Å². The molecular weight excluding hydrogens is 314 g/mol. The molecule has 0 saturated carbocycles. The second kappa shape index (κ2) is 5.73. The summed E-state index contributed by atoms with van der Waals surface area (Å²) in [5.41, 5.74) is 2.85. The number of para-hydroxylation sites is 1. The van der Waals surface area contributed by atoms with E-state index >= 15 is 0 Å². The third-order valence-electron chi connectivity index (χ3n) is 3.34. The third-order valence-corrected chi connectivity index (χ3v) is 3.83. The molecule has 0 aliphatic rings. The number of halogens is 1. The summed E-state index contributed by atoms with van der Waals surface area (Å²) in [6.07, 6.45) is 1.79. The van der Waals surface area contributed by atoms with E-state index in [2.05, 4.69) is 20.9 Å². The molecule has 1 N–H and O–H groups in total. The molecule has 2 aromatic carbocycles. The Morgan fingerprint density at radius 2 is 1.85 bits per heavy atom. The molecule has 0 amide bonds. The number of fused-ring (bicyclic) bond motifs is 1. The van der Waals surface area contributed by atoms with Crippen LogP contribution < -0.4 is 0 Å². The fourth-order valence-electron chi connectivity index (χ4n) is 2.39. The number of pyridine rings is 1. The highest BCUT2D eigenvalue weighted by molar-refractivity contribution is 9.10. The summed E-state index contributed by atoms with van der Waals surface area (Å²) >= 11 is 3.45. The van der Waals surface area contributed by atoms with Gasteiger partial charge < -0.3 is 5.11 Å². The highest BCUT2D eigenvalue weighted by atomic mass is 79.9. The Kier molecular flexibility index (Phi) is 3.81. The highest BCUT2D eigenvalue weighted by Gasteiger charge is 2.12. The molecule has 100 valence electrons. The topological polar surface area (TPSA) is 33.1 Å². The van der Waals surface area contributed by atoms with Crippen molar-refractivity contribution < 1.29 is 5.11 Å². The molecule has 0 aliphatic heterocycles. The number of benzene rings is 2. The van der Waals surface area contributed by atoms with Gasteiger partial charge in [0.1, 0.15) is 0 Å². The van der Waals surface area contributed by atoms with Gasteiger partial charge in [-0.25, -0.2) is 0 Å². The van der Waals surface area contributed by atoms with Crippen molar-refractivity contribution in [1.29, 1.82) is 0 Å². The largest absolute Gasteiger partial charge is 0.388 e. The van der Waals surface area contributed by atoms with Gasteiger partial charge in [-0.15, -0.1) is 0 Å². The average molecular weight is 328 g/mol. The molecule has 0 aliphatic carbocycles. The lowest BCUT2D eigenvalue weighted by Crippen LogP contribution is -2.03. The second-order valence-corrected chi connectivity index (χ2v) is 5.69. The van der Waals surface area contributed by atoms with Crippen LogP contribution in [-0.4, -0.2) is 10.1 Å². The van der Waals surface area contributed by atoms with E-state index in [0.29, 0.717) is 6.42 Å². The van der Waals surface area contributed by atoms with Crippen molar-refractivity contribution in [3.05, 3.63) is 76.4 Å². The van der Waals surface area contributed by atoms with Crippen molar-refractivity contribution in [3.63, 3.8) is 0 Å². The average Bonchev–Trinajstić information content (AvgIpc) is 2.46. The maximum absolute atomic E-state index is 10.5. The first-order chi connectivity index (χ1) is 9.74. The van der Waals surface area contributed by atoms with Crippen LogP contribution in [0.1, 0.15) is 17.2 Å². The third kappa shape index (κ3) is 2.74. The van der Waals surface area contributed by atoms with E-state index in [4.69, 9.17) is 0 Å². The number of aliphatic hydroxyl groups is 1. The van der Waals surface area contributed by atoms with Gasteiger partial charge in [0.2, 0.25) is 0 Å². The lowest BCUT2D eigenvalue weighted by molar-refractivity contribution is 0.180. The number of hydrogen-bond donors (Lipinski definition) is 1. The molecule has 0 spiro atoms. The molecular formula is C17H14BrNO. The smallest absolute Gasteiger partial charge is 0.0851 e. The minimum atomic E-state index is -0.553. The van der Waals surface area contributed by atoms with Crippen molar-refractivity contribution in [2.75, 3.05) is 0 Å². The summed E-state index contributed by atoms with van der Waals surface area (Å²) in [4.78, 5) is 4.39. The van der Waals surface area contributed by atoms with E-state index in [1.807, 2.05) is 54.6 Å². The molecule has 3 rings (SSSR count). The van der Waals surface area contributed by atoms with Crippen LogP contribution in [0.5, 0.6) is 0 Å². The Morgan fingerprint density at radius 3 is 2.70 bits per heavy atom. The van der Waals surface area contributed by atoms with Crippen LogP contribution in [0, 0.1) is 0 Å². The Labute approximate surface area is 126 Å². The van der Waals surface area contributed by atoms with Crippen molar-refractivity contribution in [3.8, 4) is 0 Å². The van der Waals surface area contributed by atoms with Crippen LogP contribution in [0.2, 0.25) is 0 Å². The normalized spacial score (nSPS) is 12.5. The summed E-state index contributed by atoms with van der Waals surface area (Å²) in [6, 6.07) is 17.8. The van der Waals surface area contributed by atoms with Crippen molar-refractivity contribution >= 4 is 26.8 Å². The molecule has 3 heteroatoms. The van der Waals surface area contributed by atoms with Crippen LogP contribution in [-0.2, 0) is 6.42 Å². The number of aliphatic hydroxyl groups excluding tert-OH is 1. The first kappa shape index (κ1) is 13.3. The van der Waals surface area contributed by atoms with Crippen molar-refractivity contribution in [2.45, 2.75) is 12.5 Å². The van der Waals surface area contributed by atoms with Crippen LogP contribution in [0.3, 0.4) is 0 Å². The quantitative estimate of drug-likeness (QED) is 0.779. The Bertz CT molecular complexity index is 736. The fraction of sp³-hybridized carbons (Fsp3) is 0.118. The van der Waals surface area contributed by atoms with Gasteiger partial charge in [0.25, 0.3) is 0 Å². The summed E-state index contributed by atoms with van der Waals surface area (Å²) in [7, 11) is 0. The number of nitrogens with zero attached hydrogens (tertiary/aromatic N) is 1. The zero-order valence-corrected chi connectivity index (χ0v) is 12.4. The predicted molar refractivity (Wildman–Crippen MR) is 84.5 cm³/mol. The Hall–Kier alpha value is -1.71. The van der Waals surface area contributed by atoms with Crippen LogP contribution >= 0.6 is 15.9 Å². The van der Waals surface area contributed by atoms with E-state index in [1.54, 1.807) is 6.20 Å². The SMILES string of the molecule is OC(Cc1cccc(Br)c1)c1cccc2cccnc12. The number of hydrogen-bond acceptors (Lipinski definition) is 2.